The number of hydrogen-bond donors (Lipinski definition) is 0. The van der Waals surface area contributed by atoms with E-state index in [1.165, 1.54) is 148 Å². The van der Waals surface area contributed by atoms with Gasteiger partial charge in [-0.25, -0.2) is 20.1 Å². The summed E-state index contributed by atoms with van der Waals surface area (Å²) in [4.78, 5) is 8.36. The van der Waals surface area contributed by atoms with Crippen LogP contribution in [0, 0.1) is 0 Å². The first kappa shape index (κ1) is 73.5. The Morgan fingerprint density at radius 3 is 0.835 bits per heavy atom. The SMILES string of the molecule is CC(C)(C)c1cc(N(C2=CC(S(C)(C)C)=CC2)c2c3ccc(C(C)(C)C)cc3c(-c3c4cc(C(C)(C)C)ccc4c(N(c4cc(C(C)(C)C)cc(C(C)(C)C)c4)c4cc(C(C)(C)C)cc(S(C)(C)C)c4)c4cc(C(C)(C)C)ccc34)c3ccc(C(C)(C)C)cc23)cc(C(C)(C)C)c1. The monoisotopic (exact) mass is 1330 g/mol. The van der Waals surface area contributed by atoms with Gasteiger partial charge in [-0.2, -0.15) is 0 Å². The standard InChI is InChI=1S/C93H124N2S2/c1-85(2,3)58-36-42-75-77(52-58)81(73-40-34-60(87(7,8)9)54-79(73)83(75)94(67-38-39-71(56-67)96(28,29)30)68-46-62(89(13,14)15)44-63(47-68)90(16,17)18)82-74-41-35-61(88(10,11)12)55-80(74)84(76-43-37-59(53-78(76)82)86(4,5)6)95(69-48-64(91(19,20)21)45-65(49-69)92(22,23)24)70-50-66(93(25,26)27)51-72(57-70)97(31,32)33/h34-37,39-57H,38H2,1-33H3. The van der Waals surface area contributed by atoms with Gasteiger partial charge in [0.1, 0.15) is 0 Å². The Hall–Kier alpha value is -6.20. The molecule has 0 amide bonds. The Bertz CT molecular complexity index is 4480. The topological polar surface area (TPSA) is 6.48 Å². The van der Waals surface area contributed by atoms with Gasteiger partial charge in [0.2, 0.25) is 0 Å². The van der Waals surface area contributed by atoms with Gasteiger partial charge in [-0.3, -0.25) is 0 Å². The van der Waals surface area contributed by atoms with Gasteiger partial charge in [0.25, 0.3) is 0 Å². The van der Waals surface area contributed by atoms with Crippen molar-refractivity contribution in [2.75, 3.05) is 47.3 Å². The highest BCUT2D eigenvalue weighted by molar-refractivity contribution is 8.35. The normalized spacial score (nSPS) is 14.9. The summed E-state index contributed by atoms with van der Waals surface area (Å²) >= 11 is 0. The van der Waals surface area contributed by atoms with Crippen molar-refractivity contribution in [3.8, 4) is 11.1 Å². The Kier molecular flexibility index (Phi) is 18.4. The maximum Gasteiger partial charge on any atom is 0.0618 e. The Morgan fingerprint density at radius 2 is 0.536 bits per heavy atom. The van der Waals surface area contributed by atoms with Crippen LogP contribution in [0.5, 0.6) is 0 Å². The number of rotatable bonds is 9. The lowest BCUT2D eigenvalue weighted by Gasteiger charge is -2.36. The largest absolute Gasteiger partial charge is 0.313 e. The molecule has 1 aliphatic carbocycles. The maximum absolute atomic E-state index is 2.75. The molecule has 1 aliphatic rings. The van der Waals surface area contributed by atoms with Gasteiger partial charge < -0.3 is 9.80 Å². The Balaban J connectivity index is 1.54. The molecule has 0 atom stereocenters. The molecule has 0 N–H and O–H groups in total. The summed E-state index contributed by atoms with van der Waals surface area (Å²) in [6.07, 6.45) is 20.7. The molecule has 0 saturated carbocycles. The lowest BCUT2D eigenvalue weighted by molar-refractivity contribution is 0.568. The molecule has 10 rings (SSSR count). The fraction of sp³-hybridized carbons (Fsp3) is 0.462. The van der Waals surface area contributed by atoms with Crippen LogP contribution in [-0.2, 0) is 48.7 Å². The molecule has 0 unspecified atom stereocenters. The minimum absolute atomic E-state index is 0.0993. The Labute approximate surface area is 593 Å². The highest BCUT2D eigenvalue weighted by Crippen LogP contribution is 2.59. The molecule has 0 aliphatic heterocycles. The van der Waals surface area contributed by atoms with Gasteiger partial charge in [0.15, 0.2) is 0 Å². The van der Waals surface area contributed by atoms with Gasteiger partial charge >= 0.3 is 0 Å². The minimum Gasteiger partial charge on any atom is -0.313 e. The van der Waals surface area contributed by atoms with Crippen molar-refractivity contribution in [3.05, 3.63) is 200 Å². The van der Waals surface area contributed by atoms with Crippen molar-refractivity contribution in [3.63, 3.8) is 0 Å². The van der Waals surface area contributed by atoms with Crippen LogP contribution in [0.4, 0.5) is 28.4 Å². The van der Waals surface area contributed by atoms with Gasteiger partial charge in [0, 0.05) is 50.7 Å². The molecule has 0 bridgehead atoms. The summed E-state index contributed by atoms with van der Waals surface area (Å²) in [7, 11) is -2.27. The highest BCUT2D eigenvalue weighted by atomic mass is 32.3. The van der Waals surface area contributed by atoms with Crippen molar-refractivity contribution in [2.24, 2.45) is 0 Å². The van der Waals surface area contributed by atoms with E-state index in [0.29, 0.717) is 0 Å². The van der Waals surface area contributed by atoms with Crippen LogP contribution in [0.2, 0.25) is 0 Å². The first-order valence-electron chi connectivity index (χ1n) is 36.0. The molecule has 0 radical (unpaired) electrons. The number of anilines is 5. The van der Waals surface area contributed by atoms with E-state index in [2.05, 4.69) is 374 Å². The number of benzene rings is 9. The highest BCUT2D eigenvalue weighted by Gasteiger charge is 2.35. The lowest BCUT2D eigenvalue weighted by atomic mass is 9.77. The molecule has 9 aromatic rings. The summed E-state index contributed by atoms with van der Waals surface area (Å²) in [5.74, 6) is 0. The van der Waals surface area contributed by atoms with E-state index in [1.54, 1.807) is 0 Å². The summed E-state index contributed by atoms with van der Waals surface area (Å²) in [6.45, 7) is 64.6. The van der Waals surface area contributed by atoms with Gasteiger partial charge in [-0.05, 0) is 252 Å². The molecule has 0 heterocycles. The fourth-order valence-corrected chi connectivity index (χ4v) is 16.0. The van der Waals surface area contributed by atoms with Gasteiger partial charge in [0.05, 0.1) is 11.4 Å². The number of nitrogens with zero attached hydrogens (tertiary/aromatic N) is 2. The van der Waals surface area contributed by atoms with Crippen LogP contribution in [0.3, 0.4) is 0 Å². The second-order valence-electron chi connectivity index (χ2n) is 39.8. The van der Waals surface area contributed by atoms with Gasteiger partial charge in [-0.15, -0.1) is 0 Å². The van der Waals surface area contributed by atoms with Crippen LogP contribution < -0.4 is 9.80 Å². The average Bonchev–Trinajstić information content (AvgIpc) is 0.827. The first-order chi connectivity index (χ1) is 44.0. The van der Waals surface area contributed by atoms with Crippen molar-refractivity contribution >= 4 is 91.6 Å². The Morgan fingerprint density at radius 1 is 0.258 bits per heavy atom. The summed E-state index contributed by atoms with van der Waals surface area (Å²) < 4.78 is 0. The lowest BCUT2D eigenvalue weighted by Crippen LogP contribution is -2.21. The van der Waals surface area contributed by atoms with E-state index < -0.39 is 20.1 Å². The molecule has 0 fully saturated rings. The number of fused-ring (bicyclic) bond motifs is 4. The van der Waals surface area contributed by atoms with Crippen LogP contribution in [0.1, 0.15) is 243 Å². The predicted octanol–water partition coefficient (Wildman–Crippen LogP) is 28.2. The quantitative estimate of drug-likeness (QED) is 0.133. The second-order valence-corrected chi connectivity index (χ2v) is 48.1. The van der Waals surface area contributed by atoms with Crippen molar-refractivity contribution in [1.29, 1.82) is 0 Å². The summed E-state index contributed by atoms with van der Waals surface area (Å²) in [5, 5.41) is 10.1. The molecule has 0 saturated heterocycles. The molecule has 2 nitrogen and oxygen atoms in total. The van der Waals surface area contributed by atoms with Crippen molar-refractivity contribution in [2.45, 2.75) is 247 Å². The van der Waals surface area contributed by atoms with E-state index in [-0.39, 0.29) is 48.7 Å². The molecule has 97 heavy (non-hydrogen) atoms. The molecule has 518 valence electrons. The molecule has 4 heteroatoms. The van der Waals surface area contributed by atoms with E-state index in [1.807, 2.05) is 0 Å². The van der Waals surface area contributed by atoms with Crippen LogP contribution in [-0.4, -0.2) is 37.5 Å². The van der Waals surface area contributed by atoms with Gasteiger partial charge in [-0.1, -0.05) is 254 Å². The minimum atomic E-state index is -1.21. The third-order valence-corrected chi connectivity index (χ3v) is 24.0. The second kappa shape index (κ2) is 24.3. The van der Waals surface area contributed by atoms with Crippen LogP contribution in [0.15, 0.2) is 155 Å². The molecule has 0 spiro atoms. The maximum atomic E-state index is 2.75. The zero-order chi connectivity index (χ0) is 72.2. The molecule has 9 aromatic carbocycles. The predicted molar refractivity (Wildman–Crippen MR) is 443 cm³/mol. The summed E-state index contributed by atoms with van der Waals surface area (Å²) in [6, 6.07) is 53.3. The fourth-order valence-electron chi connectivity index (χ4n) is 13.9. The van der Waals surface area contributed by atoms with Crippen LogP contribution in [0.25, 0.3) is 54.2 Å². The number of hydrogen-bond acceptors (Lipinski definition) is 2. The zero-order valence-electron chi connectivity index (χ0n) is 66.7. The van der Waals surface area contributed by atoms with E-state index in [0.717, 1.165) is 6.42 Å². The summed E-state index contributed by atoms with van der Waals surface area (Å²) in [5.41, 5.74) is 20.8. The third-order valence-electron chi connectivity index (χ3n) is 20.7. The van der Waals surface area contributed by atoms with E-state index >= 15 is 0 Å². The van der Waals surface area contributed by atoms with E-state index in [4.69, 9.17) is 0 Å². The molecule has 0 aromatic heterocycles. The van der Waals surface area contributed by atoms with E-state index in [9.17, 15) is 0 Å². The third kappa shape index (κ3) is 14.7. The van der Waals surface area contributed by atoms with Crippen molar-refractivity contribution in [1.82, 2.24) is 0 Å². The van der Waals surface area contributed by atoms with Crippen molar-refractivity contribution < 1.29 is 0 Å². The first-order valence-corrected chi connectivity index (χ1v) is 41.7. The molecular formula is C93H124N2S2. The zero-order valence-corrected chi connectivity index (χ0v) is 68.3. The average molecular weight is 1330 g/mol. The van der Waals surface area contributed by atoms with Crippen LogP contribution >= 0.6 is 20.1 Å². The smallest absolute Gasteiger partial charge is 0.0618 e. The molecular weight excluding hydrogens is 1210 g/mol. The number of allylic oxidation sites excluding steroid dienone is 2.